The predicted molar refractivity (Wildman–Crippen MR) is 79.5 cm³/mol. The van der Waals surface area contributed by atoms with Gasteiger partial charge in [0.15, 0.2) is 0 Å². The van der Waals surface area contributed by atoms with Crippen LogP contribution in [0.3, 0.4) is 0 Å². The van der Waals surface area contributed by atoms with Crippen LogP contribution in [-0.4, -0.2) is 28.1 Å². The highest BCUT2D eigenvalue weighted by molar-refractivity contribution is 6.00. The molecule has 1 aliphatic carbocycles. The van der Waals surface area contributed by atoms with Crippen LogP contribution in [-0.2, 0) is 24.7 Å². The maximum atomic E-state index is 12.0. The first-order valence-corrected chi connectivity index (χ1v) is 7.18. The number of rotatable bonds is 3. The second kappa shape index (κ2) is 5.24. The summed E-state index contributed by atoms with van der Waals surface area (Å²) in [5, 5.41) is 12.1. The van der Waals surface area contributed by atoms with E-state index in [1.54, 1.807) is 6.07 Å². The Labute approximate surface area is 122 Å². The molecule has 5 heteroatoms. The Morgan fingerprint density at radius 3 is 2.81 bits per heavy atom. The van der Waals surface area contributed by atoms with Crippen molar-refractivity contribution in [3.63, 3.8) is 0 Å². The summed E-state index contributed by atoms with van der Waals surface area (Å²) in [6.07, 6.45) is 4.53. The quantitative estimate of drug-likeness (QED) is 0.905. The first-order valence-electron chi connectivity index (χ1n) is 7.18. The molecule has 1 aromatic heterocycles. The molecule has 5 nitrogen and oxygen atoms in total. The molecule has 0 atom stereocenters. The molecule has 0 radical (unpaired) electrons. The van der Waals surface area contributed by atoms with E-state index >= 15 is 0 Å². The normalized spacial score (nSPS) is 14.0. The van der Waals surface area contributed by atoms with Crippen LogP contribution in [0.4, 0.5) is 0 Å². The van der Waals surface area contributed by atoms with Crippen molar-refractivity contribution in [2.24, 2.45) is 7.05 Å². The molecule has 0 aliphatic heterocycles. The molecule has 1 heterocycles. The van der Waals surface area contributed by atoms with Crippen LogP contribution in [0.2, 0.25) is 0 Å². The van der Waals surface area contributed by atoms with Crippen LogP contribution >= 0.6 is 0 Å². The van der Waals surface area contributed by atoms with Gasteiger partial charge in [-0.05, 0) is 49.4 Å². The van der Waals surface area contributed by atoms with Gasteiger partial charge < -0.3 is 15.0 Å². The van der Waals surface area contributed by atoms with E-state index in [4.69, 9.17) is 5.11 Å². The van der Waals surface area contributed by atoms with Crippen LogP contribution in [0.1, 0.15) is 34.5 Å². The number of carbonyl (C=O) groups excluding carboxylic acids is 1. The number of carboxylic acid groups (broad SMARTS) is 1. The number of nitrogens with zero attached hydrogens (tertiary/aromatic N) is 1. The maximum absolute atomic E-state index is 12.0. The Hall–Kier alpha value is -2.30. The number of nitrogens with one attached hydrogen (secondary N) is 1. The molecule has 0 bridgehead atoms. The van der Waals surface area contributed by atoms with E-state index in [-0.39, 0.29) is 12.5 Å². The highest BCUT2D eigenvalue weighted by Crippen LogP contribution is 2.31. The average Bonchev–Trinajstić information content (AvgIpc) is 2.78. The van der Waals surface area contributed by atoms with E-state index in [0.29, 0.717) is 5.56 Å². The van der Waals surface area contributed by atoms with E-state index in [9.17, 15) is 9.59 Å². The fourth-order valence-corrected chi connectivity index (χ4v) is 3.16. The predicted octanol–water partition coefficient (Wildman–Crippen LogP) is 1.87. The topological polar surface area (TPSA) is 71.3 Å². The summed E-state index contributed by atoms with van der Waals surface area (Å²) in [7, 11) is 2.07. The third-order valence-corrected chi connectivity index (χ3v) is 4.19. The highest BCUT2D eigenvalue weighted by Gasteiger charge is 2.19. The largest absolute Gasteiger partial charge is 0.480 e. The van der Waals surface area contributed by atoms with Crippen molar-refractivity contribution in [3.05, 3.63) is 35.0 Å². The van der Waals surface area contributed by atoms with Crippen LogP contribution < -0.4 is 5.32 Å². The van der Waals surface area contributed by atoms with E-state index in [1.165, 1.54) is 24.1 Å². The number of aromatic nitrogens is 1. The molecule has 0 saturated heterocycles. The molecule has 21 heavy (non-hydrogen) atoms. The summed E-state index contributed by atoms with van der Waals surface area (Å²) < 4.78 is 2.21. The summed E-state index contributed by atoms with van der Waals surface area (Å²) in [5.41, 5.74) is 4.35. The molecule has 1 aliphatic rings. The number of hydrogen-bond donors (Lipinski definition) is 2. The van der Waals surface area contributed by atoms with E-state index in [0.717, 1.165) is 23.7 Å². The van der Waals surface area contributed by atoms with Gasteiger partial charge in [0, 0.05) is 29.2 Å². The van der Waals surface area contributed by atoms with Gasteiger partial charge in [-0.3, -0.25) is 9.59 Å². The third kappa shape index (κ3) is 2.39. The van der Waals surface area contributed by atoms with E-state index < -0.39 is 5.97 Å². The Balaban J connectivity index is 2.00. The molecule has 110 valence electrons. The van der Waals surface area contributed by atoms with Crippen LogP contribution in [0.15, 0.2) is 18.2 Å². The zero-order chi connectivity index (χ0) is 15.0. The molecule has 0 unspecified atom stereocenters. The van der Waals surface area contributed by atoms with Gasteiger partial charge in [-0.15, -0.1) is 0 Å². The molecular weight excluding hydrogens is 268 g/mol. The summed E-state index contributed by atoms with van der Waals surface area (Å²) >= 11 is 0. The van der Waals surface area contributed by atoms with Crippen LogP contribution in [0, 0.1) is 0 Å². The smallest absolute Gasteiger partial charge is 0.322 e. The SMILES string of the molecule is Cn1c2c(c3cc(C(=O)NCC(=O)O)ccc31)CCCC2. The van der Waals surface area contributed by atoms with Gasteiger partial charge in [-0.2, -0.15) is 0 Å². The minimum absolute atomic E-state index is 0.340. The number of aliphatic carboxylic acids is 1. The molecule has 1 amide bonds. The second-order valence-electron chi connectivity index (χ2n) is 5.50. The lowest BCUT2D eigenvalue weighted by Crippen LogP contribution is -2.29. The number of carboxylic acids is 1. The summed E-state index contributed by atoms with van der Waals surface area (Å²) in [6, 6.07) is 5.59. The van der Waals surface area contributed by atoms with E-state index in [2.05, 4.69) is 16.9 Å². The molecular formula is C16H18N2O3. The monoisotopic (exact) mass is 286 g/mol. The van der Waals surface area contributed by atoms with E-state index in [1.807, 2.05) is 12.1 Å². The lowest BCUT2D eigenvalue weighted by atomic mass is 9.95. The Morgan fingerprint density at radius 2 is 2.05 bits per heavy atom. The number of fused-ring (bicyclic) bond motifs is 3. The van der Waals surface area contributed by atoms with Gasteiger partial charge in [0.25, 0.3) is 5.91 Å². The molecule has 1 aromatic carbocycles. The number of benzene rings is 1. The van der Waals surface area contributed by atoms with Gasteiger partial charge in [0.1, 0.15) is 6.54 Å². The first kappa shape index (κ1) is 13.7. The zero-order valence-corrected chi connectivity index (χ0v) is 12.0. The number of hydrogen-bond acceptors (Lipinski definition) is 2. The van der Waals surface area contributed by atoms with Crippen molar-refractivity contribution in [1.29, 1.82) is 0 Å². The van der Waals surface area contributed by atoms with Crippen molar-refractivity contribution in [1.82, 2.24) is 9.88 Å². The standard InChI is InChI=1S/C16H18N2O3/c1-18-13-5-3-2-4-11(13)12-8-10(6-7-14(12)18)16(21)17-9-15(19)20/h6-8H,2-5,9H2,1H3,(H,17,21)(H,19,20). The van der Waals surface area contributed by atoms with Gasteiger partial charge in [0.2, 0.25) is 0 Å². The average molecular weight is 286 g/mol. The van der Waals surface area contributed by atoms with Crippen molar-refractivity contribution in [3.8, 4) is 0 Å². The maximum Gasteiger partial charge on any atom is 0.322 e. The fraction of sp³-hybridized carbons (Fsp3) is 0.375. The molecule has 0 fully saturated rings. The molecule has 2 N–H and O–H groups in total. The molecule has 0 saturated carbocycles. The summed E-state index contributed by atoms with van der Waals surface area (Å²) in [4.78, 5) is 22.5. The zero-order valence-electron chi connectivity index (χ0n) is 12.0. The lowest BCUT2D eigenvalue weighted by molar-refractivity contribution is -0.135. The van der Waals surface area contributed by atoms with Gasteiger partial charge >= 0.3 is 5.97 Å². The number of aryl methyl sites for hydroxylation is 2. The third-order valence-electron chi connectivity index (χ3n) is 4.19. The minimum Gasteiger partial charge on any atom is -0.480 e. The van der Waals surface area contributed by atoms with Crippen molar-refractivity contribution < 1.29 is 14.7 Å². The Bertz CT molecular complexity index is 731. The number of amides is 1. The lowest BCUT2D eigenvalue weighted by Gasteiger charge is -2.12. The van der Waals surface area contributed by atoms with Crippen LogP contribution in [0.5, 0.6) is 0 Å². The van der Waals surface area contributed by atoms with Crippen molar-refractivity contribution in [2.45, 2.75) is 25.7 Å². The fourth-order valence-electron chi connectivity index (χ4n) is 3.16. The molecule has 3 rings (SSSR count). The van der Waals surface area contributed by atoms with Gasteiger partial charge in [0.05, 0.1) is 0 Å². The number of carbonyl (C=O) groups is 2. The molecule has 0 spiro atoms. The Kier molecular flexibility index (Phi) is 3.41. The van der Waals surface area contributed by atoms with Crippen LogP contribution in [0.25, 0.3) is 10.9 Å². The van der Waals surface area contributed by atoms with Gasteiger partial charge in [-0.1, -0.05) is 0 Å². The first-order chi connectivity index (χ1) is 10.1. The molecule has 2 aromatic rings. The highest BCUT2D eigenvalue weighted by atomic mass is 16.4. The summed E-state index contributed by atoms with van der Waals surface area (Å²) in [6.45, 7) is -0.357. The Morgan fingerprint density at radius 1 is 1.29 bits per heavy atom. The second-order valence-corrected chi connectivity index (χ2v) is 5.50. The minimum atomic E-state index is -1.04. The van der Waals surface area contributed by atoms with Crippen molar-refractivity contribution >= 4 is 22.8 Å². The van der Waals surface area contributed by atoms with Crippen molar-refractivity contribution in [2.75, 3.05) is 6.54 Å². The van der Waals surface area contributed by atoms with Gasteiger partial charge in [-0.25, -0.2) is 0 Å². The summed E-state index contributed by atoms with van der Waals surface area (Å²) in [5.74, 6) is -1.38.